The minimum atomic E-state index is 0.110. The number of furan rings is 1. The van der Waals surface area contributed by atoms with Crippen molar-refractivity contribution < 1.29 is 13.9 Å². The Hall–Kier alpha value is -3.05. The van der Waals surface area contributed by atoms with Crippen molar-refractivity contribution in [3.05, 3.63) is 83.8 Å². The Morgan fingerprint density at radius 3 is 2.72 bits per heavy atom. The van der Waals surface area contributed by atoms with Crippen LogP contribution in [0.4, 0.5) is 5.69 Å². The maximum Gasteiger partial charge on any atom is 0.241 e. The number of anilines is 1. The highest BCUT2D eigenvalue weighted by atomic mass is 16.5. The van der Waals surface area contributed by atoms with Gasteiger partial charge in [0.15, 0.2) is 0 Å². The van der Waals surface area contributed by atoms with Gasteiger partial charge in [-0.3, -0.25) is 9.69 Å². The van der Waals surface area contributed by atoms with E-state index in [0.29, 0.717) is 19.6 Å². The summed E-state index contributed by atoms with van der Waals surface area (Å²) in [6.45, 7) is 2.37. The summed E-state index contributed by atoms with van der Waals surface area (Å²) < 4.78 is 10.9. The molecule has 0 spiro atoms. The fraction of sp³-hybridized carbons (Fsp3) is 0.292. The first kappa shape index (κ1) is 19.3. The van der Waals surface area contributed by atoms with Crippen molar-refractivity contribution in [3.8, 4) is 5.75 Å². The SMILES string of the molecule is COc1ccc2c(c1)CCCN2C(=O)CN(Cc1ccccc1)Cc1ccco1. The van der Waals surface area contributed by atoms with Crippen LogP contribution in [0, 0.1) is 0 Å². The molecule has 4 rings (SSSR count). The van der Waals surface area contributed by atoms with Crippen LogP contribution in [0.2, 0.25) is 0 Å². The van der Waals surface area contributed by atoms with Crippen molar-refractivity contribution in [1.82, 2.24) is 4.90 Å². The molecule has 5 heteroatoms. The number of fused-ring (bicyclic) bond motifs is 1. The highest BCUT2D eigenvalue weighted by Gasteiger charge is 2.25. The third-order valence-electron chi connectivity index (χ3n) is 5.27. The largest absolute Gasteiger partial charge is 0.497 e. The number of carbonyl (C=O) groups is 1. The molecule has 1 aliphatic heterocycles. The van der Waals surface area contributed by atoms with E-state index in [-0.39, 0.29) is 5.91 Å². The summed E-state index contributed by atoms with van der Waals surface area (Å²) in [7, 11) is 1.67. The van der Waals surface area contributed by atoms with Crippen molar-refractivity contribution in [2.24, 2.45) is 0 Å². The topological polar surface area (TPSA) is 45.9 Å². The van der Waals surface area contributed by atoms with Crippen LogP contribution in [0.15, 0.2) is 71.3 Å². The summed E-state index contributed by atoms with van der Waals surface area (Å²) in [5.74, 6) is 1.80. The van der Waals surface area contributed by atoms with Crippen LogP contribution in [-0.2, 0) is 24.3 Å². The van der Waals surface area contributed by atoms with Gasteiger partial charge in [-0.25, -0.2) is 0 Å². The first-order chi connectivity index (χ1) is 14.2. The zero-order valence-electron chi connectivity index (χ0n) is 16.7. The number of amides is 1. The summed E-state index contributed by atoms with van der Waals surface area (Å²) >= 11 is 0. The van der Waals surface area contributed by atoms with Crippen LogP contribution in [0.3, 0.4) is 0 Å². The quantitative estimate of drug-likeness (QED) is 0.604. The van der Waals surface area contributed by atoms with E-state index in [1.807, 2.05) is 53.4 Å². The maximum absolute atomic E-state index is 13.3. The van der Waals surface area contributed by atoms with Gasteiger partial charge < -0.3 is 14.1 Å². The number of nitrogens with zero attached hydrogens (tertiary/aromatic N) is 2. The van der Waals surface area contributed by atoms with E-state index < -0.39 is 0 Å². The molecule has 3 aromatic rings. The number of rotatable bonds is 7. The Balaban J connectivity index is 1.52. The Morgan fingerprint density at radius 1 is 1.10 bits per heavy atom. The zero-order valence-corrected chi connectivity index (χ0v) is 16.7. The molecule has 1 aromatic heterocycles. The molecule has 0 saturated carbocycles. The standard InChI is InChI=1S/C24H26N2O3/c1-28-21-11-12-23-20(15-21)9-5-13-26(23)24(27)18-25(17-22-10-6-14-29-22)16-19-7-3-2-4-8-19/h2-4,6-8,10-12,14-15H,5,9,13,16-18H2,1H3. The van der Waals surface area contributed by atoms with E-state index in [1.54, 1.807) is 13.4 Å². The fourth-order valence-corrected chi connectivity index (χ4v) is 3.87. The predicted molar refractivity (Wildman–Crippen MR) is 113 cm³/mol. The molecule has 5 nitrogen and oxygen atoms in total. The van der Waals surface area contributed by atoms with Gasteiger partial charge in [0, 0.05) is 18.8 Å². The molecule has 2 heterocycles. The molecule has 0 atom stereocenters. The van der Waals surface area contributed by atoms with E-state index >= 15 is 0 Å². The van der Waals surface area contributed by atoms with E-state index in [2.05, 4.69) is 17.0 Å². The highest BCUT2D eigenvalue weighted by molar-refractivity contribution is 5.96. The Bertz CT molecular complexity index is 938. The lowest BCUT2D eigenvalue weighted by Gasteiger charge is -2.32. The lowest BCUT2D eigenvalue weighted by molar-refractivity contribution is -0.120. The minimum absolute atomic E-state index is 0.110. The molecule has 0 fully saturated rings. The molecule has 0 aliphatic carbocycles. The molecule has 2 aromatic carbocycles. The number of aryl methyl sites for hydroxylation is 1. The molecule has 1 amide bonds. The first-order valence-electron chi connectivity index (χ1n) is 9.99. The van der Waals surface area contributed by atoms with Gasteiger partial charge in [-0.2, -0.15) is 0 Å². The second-order valence-corrected chi connectivity index (χ2v) is 7.35. The second-order valence-electron chi connectivity index (χ2n) is 7.35. The summed E-state index contributed by atoms with van der Waals surface area (Å²) in [6.07, 6.45) is 3.60. The number of methoxy groups -OCH3 is 1. The van der Waals surface area contributed by atoms with Gasteiger partial charge in [0.25, 0.3) is 0 Å². The Morgan fingerprint density at radius 2 is 1.97 bits per heavy atom. The van der Waals surface area contributed by atoms with Crippen LogP contribution in [0.5, 0.6) is 5.75 Å². The van der Waals surface area contributed by atoms with Crippen molar-refractivity contribution in [2.75, 3.05) is 25.1 Å². The predicted octanol–water partition coefficient (Wildman–Crippen LogP) is 4.27. The molecular weight excluding hydrogens is 364 g/mol. The van der Waals surface area contributed by atoms with Crippen LogP contribution < -0.4 is 9.64 Å². The molecule has 150 valence electrons. The average molecular weight is 390 g/mol. The van der Waals surface area contributed by atoms with E-state index in [1.165, 1.54) is 11.1 Å². The number of hydrogen-bond acceptors (Lipinski definition) is 4. The molecule has 0 radical (unpaired) electrons. The normalized spacial score (nSPS) is 13.4. The highest BCUT2D eigenvalue weighted by Crippen LogP contribution is 2.30. The number of carbonyl (C=O) groups excluding carboxylic acids is 1. The van der Waals surface area contributed by atoms with E-state index in [0.717, 1.165) is 36.6 Å². The van der Waals surface area contributed by atoms with Gasteiger partial charge in [0.2, 0.25) is 5.91 Å². The molecule has 0 N–H and O–H groups in total. The summed E-state index contributed by atoms with van der Waals surface area (Å²) in [5.41, 5.74) is 3.35. The van der Waals surface area contributed by atoms with Crippen molar-refractivity contribution in [2.45, 2.75) is 25.9 Å². The molecular formula is C24H26N2O3. The average Bonchev–Trinajstić information content (AvgIpc) is 3.26. The van der Waals surface area contributed by atoms with Crippen molar-refractivity contribution in [1.29, 1.82) is 0 Å². The molecule has 0 unspecified atom stereocenters. The van der Waals surface area contributed by atoms with E-state index in [9.17, 15) is 4.79 Å². The number of hydrogen-bond donors (Lipinski definition) is 0. The number of benzene rings is 2. The Labute approximate surface area is 171 Å². The smallest absolute Gasteiger partial charge is 0.241 e. The number of ether oxygens (including phenoxy) is 1. The third kappa shape index (κ3) is 4.69. The van der Waals surface area contributed by atoms with Gasteiger partial charge in [-0.1, -0.05) is 30.3 Å². The van der Waals surface area contributed by atoms with Crippen LogP contribution in [-0.4, -0.2) is 31.0 Å². The van der Waals surface area contributed by atoms with Gasteiger partial charge in [0.1, 0.15) is 11.5 Å². The van der Waals surface area contributed by atoms with Gasteiger partial charge in [-0.15, -0.1) is 0 Å². The zero-order chi connectivity index (χ0) is 20.1. The first-order valence-corrected chi connectivity index (χ1v) is 9.99. The maximum atomic E-state index is 13.3. The summed E-state index contributed by atoms with van der Waals surface area (Å²) in [6, 6.07) is 20.0. The molecule has 1 aliphatic rings. The molecule has 29 heavy (non-hydrogen) atoms. The van der Waals surface area contributed by atoms with Gasteiger partial charge in [0.05, 0.1) is 26.5 Å². The monoisotopic (exact) mass is 390 g/mol. The van der Waals surface area contributed by atoms with E-state index in [4.69, 9.17) is 9.15 Å². The van der Waals surface area contributed by atoms with Crippen LogP contribution in [0.25, 0.3) is 0 Å². The minimum Gasteiger partial charge on any atom is -0.497 e. The molecule has 0 saturated heterocycles. The van der Waals surface area contributed by atoms with Crippen LogP contribution in [0.1, 0.15) is 23.3 Å². The fourth-order valence-electron chi connectivity index (χ4n) is 3.87. The van der Waals surface area contributed by atoms with Gasteiger partial charge in [-0.05, 0) is 54.3 Å². The summed E-state index contributed by atoms with van der Waals surface area (Å²) in [5, 5.41) is 0. The Kier molecular flexibility index (Phi) is 5.96. The third-order valence-corrected chi connectivity index (χ3v) is 5.27. The van der Waals surface area contributed by atoms with Crippen molar-refractivity contribution >= 4 is 11.6 Å². The summed E-state index contributed by atoms with van der Waals surface area (Å²) in [4.78, 5) is 17.3. The lowest BCUT2D eigenvalue weighted by atomic mass is 10.0. The van der Waals surface area contributed by atoms with Gasteiger partial charge >= 0.3 is 0 Å². The van der Waals surface area contributed by atoms with Crippen molar-refractivity contribution in [3.63, 3.8) is 0 Å². The lowest BCUT2D eigenvalue weighted by Crippen LogP contribution is -2.42. The molecule has 0 bridgehead atoms. The van der Waals surface area contributed by atoms with Crippen LogP contribution >= 0.6 is 0 Å². The second kappa shape index (κ2) is 8.97.